The van der Waals surface area contributed by atoms with Crippen molar-refractivity contribution in [2.75, 3.05) is 11.9 Å². The lowest BCUT2D eigenvalue weighted by molar-refractivity contribution is -0.129. The van der Waals surface area contributed by atoms with Crippen molar-refractivity contribution in [1.29, 1.82) is 0 Å². The van der Waals surface area contributed by atoms with Gasteiger partial charge in [-0.15, -0.1) is 0 Å². The van der Waals surface area contributed by atoms with Crippen molar-refractivity contribution < 1.29 is 14.1 Å². The zero-order chi connectivity index (χ0) is 16.4. The van der Waals surface area contributed by atoms with E-state index in [4.69, 9.17) is 4.52 Å². The number of rotatable bonds is 4. The Balaban J connectivity index is 1.66. The van der Waals surface area contributed by atoms with Gasteiger partial charge in [0.05, 0.1) is 12.0 Å². The highest BCUT2D eigenvalue weighted by molar-refractivity contribution is 5.96. The van der Waals surface area contributed by atoms with E-state index < -0.39 is 0 Å². The molecule has 1 aromatic carbocycles. The van der Waals surface area contributed by atoms with Crippen molar-refractivity contribution in [2.45, 2.75) is 26.3 Å². The van der Waals surface area contributed by atoms with Crippen LogP contribution in [-0.4, -0.2) is 28.4 Å². The molecule has 1 aromatic heterocycles. The van der Waals surface area contributed by atoms with E-state index in [2.05, 4.69) is 10.5 Å². The largest absolute Gasteiger partial charge is 0.360 e. The molecule has 2 aromatic rings. The van der Waals surface area contributed by atoms with E-state index in [0.29, 0.717) is 18.1 Å². The smallest absolute Gasteiger partial charge is 0.231 e. The molecule has 0 saturated carbocycles. The highest BCUT2D eigenvalue weighted by atomic mass is 16.5. The van der Waals surface area contributed by atoms with Crippen LogP contribution in [0.15, 0.2) is 40.9 Å². The van der Waals surface area contributed by atoms with E-state index in [9.17, 15) is 9.59 Å². The van der Waals surface area contributed by atoms with Crippen LogP contribution in [0, 0.1) is 12.8 Å². The van der Waals surface area contributed by atoms with E-state index in [1.807, 2.05) is 37.3 Å². The Morgan fingerprint density at radius 1 is 1.39 bits per heavy atom. The Bertz CT molecular complexity index is 711. The number of amides is 2. The zero-order valence-electron chi connectivity index (χ0n) is 13.2. The summed E-state index contributed by atoms with van der Waals surface area (Å²) in [5.41, 5.74) is 1.06. The number of nitrogens with zero attached hydrogens (tertiary/aromatic N) is 2. The molecule has 2 heterocycles. The minimum absolute atomic E-state index is 0.00200. The van der Waals surface area contributed by atoms with Gasteiger partial charge in [0.2, 0.25) is 11.8 Å². The number of nitrogens with one attached hydrogen (secondary N) is 1. The number of carbonyl (C=O) groups excluding carboxylic acids is 2. The van der Waals surface area contributed by atoms with Crippen molar-refractivity contribution >= 4 is 17.6 Å². The van der Waals surface area contributed by atoms with Crippen LogP contribution in [0.25, 0.3) is 0 Å². The maximum absolute atomic E-state index is 12.3. The Morgan fingerprint density at radius 2 is 2.13 bits per heavy atom. The molecule has 0 unspecified atom stereocenters. The Morgan fingerprint density at radius 3 is 2.78 bits per heavy atom. The van der Waals surface area contributed by atoms with Gasteiger partial charge in [-0.25, -0.2) is 0 Å². The van der Waals surface area contributed by atoms with Crippen molar-refractivity contribution in [3.05, 3.63) is 47.7 Å². The quantitative estimate of drug-likeness (QED) is 0.941. The molecule has 1 saturated heterocycles. The SMILES string of the molecule is Cc1cc(NC(=O)[C@H]2CC(=O)N([C@H](C)c3ccccc3)C2)no1. The number of likely N-dealkylation sites (tertiary alicyclic amines) is 1. The Hall–Kier alpha value is -2.63. The predicted octanol–water partition coefficient (Wildman–Crippen LogP) is 2.53. The van der Waals surface area contributed by atoms with Gasteiger partial charge >= 0.3 is 0 Å². The minimum atomic E-state index is -0.370. The molecule has 6 heteroatoms. The van der Waals surface area contributed by atoms with E-state index >= 15 is 0 Å². The maximum atomic E-state index is 12.3. The fourth-order valence-corrected chi connectivity index (χ4v) is 2.85. The fraction of sp³-hybridized carbons (Fsp3) is 0.353. The van der Waals surface area contributed by atoms with Gasteiger partial charge in [0.15, 0.2) is 5.82 Å². The summed E-state index contributed by atoms with van der Waals surface area (Å²) in [5.74, 6) is 0.439. The fourth-order valence-electron chi connectivity index (χ4n) is 2.85. The van der Waals surface area contributed by atoms with Crippen LogP contribution in [0.3, 0.4) is 0 Å². The lowest BCUT2D eigenvalue weighted by Gasteiger charge is -2.25. The molecule has 2 amide bonds. The van der Waals surface area contributed by atoms with Crippen molar-refractivity contribution in [3.8, 4) is 0 Å². The summed E-state index contributed by atoms with van der Waals surface area (Å²) in [6.45, 7) is 4.15. The number of hydrogen-bond donors (Lipinski definition) is 1. The monoisotopic (exact) mass is 313 g/mol. The second-order valence-corrected chi connectivity index (χ2v) is 5.85. The average molecular weight is 313 g/mol. The van der Waals surface area contributed by atoms with Gasteiger partial charge in [-0.3, -0.25) is 9.59 Å². The third-order valence-electron chi connectivity index (χ3n) is 4.16. The first-order valence-corrected chi connectivity index (χ1v) is 7.63. The lowest BCUT2D eigenvalue weighted by atomic mass is 10.1. The molecule has 6 nitrogen and oxygen atoms in total. The number of aryl methyl sites for hydroxylation is 1. The van der Waals surface area contributed by atoms with Crippen LogP contribution >= 0.6 is 0 Å². The van der Waals surface area contributed by atoms with Crippen molar-refractivity contribution in [2.24, 2.45) is 5.92 Å². The molecule has 120 valence electrons. The second kappa shape index (κ2) is 6.24. The van der Waals surface area contributed by atoms with E-state index in [1.165, 1.54) is 0 Å². The zero-order valence-corrected chi connectivity index (χ0v) is 13.2. The lowest BCUT2D eigenvalue weighted by Crippen LogP contribution is -2.30. The van der Waals surface area contributed by atoms with Crippen LogP contribution in [0.1, 0.15) is 30.7 Å². The molecule has 1 aliphatic heterocycles. The first-order valence-electron chi connectivity index (χ1n) is 7.63. The molecule has 0 spiro atoms. The van der Waals surface area contributed by atoms with Crippen LogP contribution < -0.4 is 5.32 Å². The van der Waals surface area contributed by atoms with Crippen LogP contribution in [0.5, 0.6) is 0 Å². The summed E-state index contributed by atoms with van der Waals surface area (Å²) in [5, 5.41) is 6.44. The van der Waals surface area contributed by atoms with Gasteiger partial charge < -0.3 is 14.7 Å². The number of anilines is 1. The van der Waals surface area contributed by atoms with Crippen LogP contribution in [0.4, 0.5) is 5.82 Å². The minimum Gasteiger partial charge on any atom is -0.360 e. The van der Waals surface area contributed by atoms with Gasteiger partial charge in [-0.1, -0.05) is 35.5 Å². The van der Waals surface area contributed by atoms with Crippen molar-refractivity contribution in [1.82, 2.24) is 10.1 Å². The van der Waals surface area contributed by atoms with E-state index in [-0.39, 0.29) is 30.2 Å². The Labute approximate surface area is 134 Å². The molecular weight excluding hydrogens is 294 g/mol. The number of aromatic nitrogens is 1. The molecule has 1 fully saturated rings. The Kier molecular flexibility index (Phi) is 4.14. The predicted molar refractivity (Wildman–Crippen MR) is 84.5 cm³/mol. The normalized spacial score (nSPS) is 19.0. The number of carbonyl (C=O) groups is 2. The molecule has 0 radical (unpaired) electrons. The molecule has 1 aliphatic rings. The third kappa shape index (κ3) is 3.26. The number of hydrogen-bond acceptors (Lipinski definition) is 4. The first kappa shape index (κ1) is 15.3. The van der Waals surface area contributed by atoms with E-state index in [1.54, 1.807) is 17.9 Å². The standard InChI is InChI=1S/C17H19N3O3/c1-11-8-15(19-23-11)18-17(22)14-9-16(21)20(10-14)12(2)13-6-4-3-5-7-13/h3-8,12,14H,9-10H2,1-2H3,(H,18,19,22)/t12-,14+/m1/s1. The van der Waals surface area contributed by atoms with Gasteiger partial charge in [-0.2, -0.15) is 0 Å². The summed E-state index contributed by atoms with van der Waals surface area (Å²) in [6, 6.07) is 11.4. The van der Waals surface area contributed by atoms with Gasteiger partial charge in [-0.05, 0) is 19.4 Å². The highest BCUT2D eigenvalue weighted by Crippen LogP contribution is 2.29. The molecular formula is C17H19N3O3. The van der Waals surface area contributed by atoms with Crippen molar-refractivity contribution in [3.63, 3.8) is 0 Å². The van der Waals surface area contributed by atoms with Gasteiger partial charge in [0.1, 0.15) is 5.76 Å². The topological polar surface area (TPSA) is 75.4 Å². The molecule has 3 rings (SSSR count). The van der Waals surface area contributed by atoms with Crippen LogP contribution in [0.2, 0.25) is 0 Å². The summed E-state index contributed by atoms with van der Waals surface area (Å²) in [7, 11) is 0. The molecule has 0 bridgehead atoms. The van der Waals surface area contributed by atoms with Crippen LogP contribution in [-0.2, 0) is 9.59 Å². The molecule has 23 heavy (non-hydrogen) atoms. The summed E-state index contributed by atoms with van der Waals surface area (Å²) in [6.07, 6.45) is 0.222. The second-order valence-electron chi connectivity index (χ2n) is 5.85. The maximum Gasteiger partial charge on any atom is 0.231 e. The number of benzene rings is 1. The van der Waals surface area contributed by atoms with E-state index in [0.717, 1.165) is 5.56 Å². The summed E-state index contributed by atoms with van der Waals surface area (Å²) in [4.78, 5) is 26.3. The first-order chi connectivity index (χ1) is 11.0. The van der Waals surface area contributed by atoms with Gasteiger partial charge in [0.25, 0.3) is 0 Å². The summed E-state index contributed by atoms with van der Waals surface area (Å²) < 4.78 is 4.92. The highest BCUT2D eigenvalue weighted by Gasteiger charge is 2.37. The molecule has 1 N–H and O–H groups in total. The third-order valence-corrected chi connectivity index (χ3v) is 4.16. The molecule has 2 atom stereocenters. The van der Waals surface area contributed by atoms with Gasteiger partial charge in [0, 0.05) is 19.0 Å². The summed E-state index contributed by atoms with van der Waals surface area (Å²) >= 11 is 0. The average Bonchev–Trinajstić information content (AvgIpc) is 3.13. The molecule has 0 aliphatic carbocycles.